The third kappa shape index (κ3) is 321. The average molecular weight is 260 g/mol. The molecule has 6 nitrogen and oxygen atoms in total. The predicted octanol–water partition coefficient (Wildman–Crippen LogP) is 0.161. The maximum absolute atomic E-state index is 7.15. The van der Waals surface area contributed by atoms with Gasteiger partial charge in [-0.15, -0.1) is 0 Å². The first-order valence-electron chi connectivity index (χ1n) is 1.34. The molecule has 0 atom stereocenters. The predicted molar refractivity (Wildman–Crippen MR) is 52.1 cm³/mol. The van der Waals surface area contributed by atoms with Crippen LogP contribution in [0.2, 0.25) is 0 Å². The van der Waals surface area contributed by atoms with Crippen LogP contribution in [0.5, 0.6) is 0 Å². The van der Waals surface area contributed by atoms with Crippen molar-refractivity contribution in [1.82, 2.24) is 0 Å². The van der Waals surface area contributed by atoms with Crippen molar-refractivity contribution < 1.29 is 29.4 Å². The van der Waals surface area contributed by atoms with Crippen LogP contribution < -0.4 is 0 Å². The average Bonchev–Trinajstić information content (AvgIpc) is 1.70. The molecule has 11 heavy (non-hydrogen) atoms. The fourth-order valence-corrected chi connectivity index (χ4v) is 0. The second kappa shape index (κ2) is 58.8. The van der Waals surface area contributed by atoms with Gasteiger partial charge in [0.05, 0.1) is 0 Å². The summed E-state index contributed by atoms with van der Waals surface area (Å²) in [6.45, 7) is 0. The lowest BCUT2D eigenvalue weighted by Gasteiger charge is -1.54. The van der Waals surface area contributed by atoms with Crippen molar-refractivity contribution in [1.29, 1.82) is 0 Å². The maximum atomic E-state index is 7.15. The first-order chi connectivity index (χ1) is 4.24. The lowest BCUT2D eigenvalue weighted by atomic mass is 15.9. The summed E-state index contributed by atoms with van der Waals surface area (Å²) in [4.78, 5) is 42.9. The van der Waals surface area contributed by atoms with Crippen molar-refractivity contribution in [3.05, 3.63) is 0 Å². The van der Waals surface area contributed by atoms with Crippen LogP contribution in [-0.2, 0) is 0 Å². The van der Waals surface area contributed by atoms with E-state index in [0.29, 0.717) is 0 Å². The largest absolute Gasteiger partial charge is 0.352 e. The maximum Gasteiger partial charge on any atom is 0.149 e. The highest BCUT2D eigenvalue weighted by Gasteiger charge is 1.34. The zero-order valence-corrected chi connectivity index (χ0v) is 9.87. The summed E-state index contributed by atoms with van der Waals surface area (Å²) in [5.74, 6) is 0. The van der Waals surface area contributed by atoms with Crippen molar-refractivity contribution in [3.63, 3.8) is 0 Å². The summed E-state index contributed by atoms with van der Waals surface area (Å²) in [5.41, 5.74) is 0. The Morgan fingerprint density at radius 3 is 0.455 bits per heavy atom. The molecular weight excluding hydrogens is 251 g/mol. The molecule has 0 unspecified atom stereocenters. The van der Waals surface area contributed by atoms with Gasteiger partial charge in [0.2, 0.25) is 0 Å². The molecule has 0 aromatic carbocycles. The molecule has 0 heterocycles. The minimum atomic E-state index is -0.917. The van der Waals surface area contributed by atoms with E-state index in [1.54, 1.807) is 0 Å². The molecule has 0 saturated heterocycles. The smallest absolute Gasteiger partial charge is 0.149 e. The van der Waals surface area contributed by atoms with E-state index in [9.17, 15) is 0 Å². The Labute approximate surface area is 76.9 Å². The number of hydrogen-bond donors (Lipinski definition) is 6. The summed E-state index contributed by atoms with van der Waals surface area (Å²) < 4.78 is 0. The molecule has 0 aromatic heterocycles. The van der Waals surface area contributed by atoms with E-state index in [-0.39, 0.29) is 19.8 Å². The third-order valence-corrected chi connectivity index (χ3v) is 0. The van der Waals surface area contributed by atoms with Crippen LogP contribution in [0.25, 0.3) is 0 Å². The lowest BCUT2D eigenvalue weighted by molar-refractivity contribution is 0.511. The molecule has 0 bridgehead atoms. The lowest BCUT2D eigenvalue weighted by Crippen LogP contribution is -1.24. The molecule has 0 rings (SSSR count). The van der Waals surface area contributed by atoms with Crippen LogP contribution in [0, 0.1) is 0 Å². The Bertz CT molecular complexity index is 15.7. The minimum absolute atomic E-state index is 0. The third-order valence-electron chi connectivity index (χ3n) is 0. The number of rotatable bonds is 0. The summed E-state index contributed by atoms with van der Waals surface area (Å²) in [6.07, 6.45) is 0. The summed E-state index contributed by atoms with van der Waals surface area (Å²) in [6, 6.07) is 0. The van der Waals surface area contributed by atoms with Crippen LogP contribution in [0.1, 0.15) is 0 Å². The van der Waals surface area contributed by atoms with Gasteiger partial charge in [-0.05, 0) is 0 Å². The molecule has 0 aliphatic heterocycles. The van der Waals surface area contributed by atoms with Crippen LogP contribution in [0.15, 0.2) is 0 Å². The highest BCUT2D eigenvalue weighted by molar-refractivity contribution is 7.24. The first-order valence-corrected chi connectivity index (χ1v) is 4.02. The van der Waals surface area contributed by atoms with Gasteiger partial charge >= 0.3 is 0 Å². The fraction of sp³-hybridized carbons (Fsp3) is 0. The second-order valence-electron chi connectivity index (χ2n) is 0.300. The molecule has 6 N–H and O–H groups in total. The fourth-order valence-electron chi connectivity index (χ4n) is 0. The first kappa shape index (κ1) is 29.3. The molecule has 11 heteroatoms. The zero-order valence-electron chi connectivity index (χ0n) is 5.08. The second-order valence-corrected chi connectivity index (χ2v) is 0.900. The van der Waals surface area contributed by atoms with Gasteiger partial charge in [0.15, 0.2) is 0 Å². The molecule has 0 aliphatic rings. The Morgan fingerprint density at radius 1 is 0.455 bits per heavy atom. The molecule has 0 spiro atoms. The van der Waals surface area contributed by atoms with E-state index in [1.807, 2.05) is 0 Å². The highest BCUT2D eigenvalue weighted by atomic mass is 31.1. The summed E-state index contributed by atoms with van der Waals surface area (Å²) in [5, 5.41) is 0. The quantitative estimate of drug-likeness (QED) is 0.345. The van der Waals surface area contributed by atoms with E-state index in [2.05, 4.69) is 0 Å². The molecule has 0 amide bonds. The molecule has 6 radical (unpaired) electrons. The van der Waals surface area contributed by atoms with Gasteiger partial charge in [-0.25, -0.2) is 0 Å². The van der Waals surface area contributed by atoms with Gasteiger partial charge in [0.1, 0.15) is 27.1 Å². The van der Waals surface area contributed by atoms with Gasteiger partial charge in [0.25, 0.3) is 0 Å². The van der Waals surface area contributed by atoms with Crippen LogP contribution in [0.4, 0.5) is 0 Å². The van der Waals surface area contributed by atoms with Crippen LogP contribution in [0.3, 0.4) is 0 Å². The van der Waals surface area contributed by atoms with Crippen molar-refractivity contribution in [2.24, 2.45) is 0 Å². The summed E-state index contributed by atoms with van der Waals surface area (Å²) in [7, 11) is -2.75. The molecular formula is H9O6P5. The van der Waals surface area contributed by atoms with E-state index < -0.39 is 27.1 Å². The number of hydrogen-bond acceptors (Lipinski definition) is 6. The van der Waals surface area contributed by atoms with Crippen molar-refractivity contribution >= 4 is 46.9 Å². The topological polar surface area (TPSA) is 121 Å². The van der Waals surface area contributed by atoms with E-state index in [0.717, 1.165) is 0 Å². The van der Waals surface area contributed by atoms with Gasteiger partial charge in [-0.1, -0.05) is 0 Å². The van der Waals surface area contributed by atoms with Gasteiger partial charge < -0.3 is 29.4 Å². The van der Waals surface area contributed by atoms with E-state index >= 15 is 0 Å². The Hall–Kier alpha value is 1.91. The molecule has 70 valence electrons. The highest BCUT2D eigenvalue weighted by Crippen LogP contribution is 1.82. The minimum Gasteiger partial charge on any atom is -0.352 e. The monoisotopic (exact) mass is 260 g/mol. The van der Waals surface area contributed by atoms with Crippen molar-refractivity contribution in [2.75, 3.05) is 0 Å². The van der Waals surface area contributed by atoms with Crippen LogP contribution >= 0.6 is 46.9 Å². The van der Waals surface area contributed by atoms with Crippen molar-refractivity contribution in [3.8, 4) is 0 Å². The normalized spacial score (nSPS) is 4.91. The van der Waals surface area contributed by atoms with Gasteiger partial charge in [-0.2, -0.15) is 0 Å². The molecule has 0 aromatic rings. The SMILES string of the molecule is OPO.OPO.OPO.[P].[P]. The zero-order chi connectivity index (χ0) is 8.12. The van der Waals surface area contributed by atoms with Crippen LogP contribution in [-0.4, -0.2) is 29.4 Å². The summed E-state index contributed by atoms with van der Waals surface area (Å²) >= 11 is 0. The standard InChI is InChI=1S/3H3O2P.2P/c3*1-3-2;;/h3*1-3H;;. The molecule has 0 saturated carbocycles. The Kier molecular flexibility index (Phi) is 156. The molecule has 0 aliphatic carbocycles. The Morgan fingerprint density at radius 2 is 0.455 bits per heavy atom. The van der Waals surface area contributed by atoms with E-state index in [1.165, 1.54) is 0 Å². The van der Waals surface area contributed by atoms with Crippen molar-refractivity contribution in [2.45, 2.75) is 0 Å². The van der Waals surface area contributed by atoms with Gasteiger partial charge in [-0.3, -0.25) is 0 Å². The van der Waals surface area contributed by atoms with Gasteiger partial charge in [0, 0.05) is 19.8 Å². The molecule has 0 fully saturated rings. The van der Waals surface area contributed by atoms with E-state index in [4.69, 9.17) is 29.4 Å². The Balaban J connectivity index is -0.0000000150.